The molecule has 0 aliphatic carbocycles. The molecule has 3 aromatic rings. The van der Waals surface area contributed by atoms with Crippen LogP contribution in [0.25, 0.3) is 0 Å². The zero-order chi connectivity index (χ0) is 29.6. The van der Waals surface area contributed by atoms with Crippen LogP contribution in [-0.2, 0) is 26.2 Å². The van der Waals surface area contributed by atoms with Crippen molar-refractivity contribution in [3.63, 3.8) is 0 Å². The van der Waals surface area contributed by atoms with Crippen molar-refractivity contribution in [3.8, 4) is 0 Å². The minimum atomic E-state index is -0.708. The molecule has 3 aromatic heterocycles. The van der Waals surface area contributed by atoms with Crippen molar-refractivity contribution in [1.82, 2.24) is 34.6 Å². The smallest absolute Gasteiger partial charge is 0.274 e. The molecule has 5 heterocycles. The number of nitro groups is 2. The van der Waals surface area contributed by atoms with E-state index in [9.17, 15) is 20.2 Å². The Balaban J connectivity index is 1.28. The highest BCUT2D eigenvalue weighted by Crippen LogP contribution is 2.20. The molecular formula is C25H25Cl2N11O4. The quantitative estimate of drug-likeness (QED) is 0.187. The van der Waals surface area contributed by atoms with Crippen LogP contribution >= 0.6 is 23.2 Å². The van der Waals surface area contributed by atoms with E-state index in [-0.39, 0.29) is 11.9 Å². The van der Waals surface area contributed by atoms with E-state index in [0.29, 0.717) is 74.1 Å². The fraction of sp³-hybridized carbons (Fsp3) is 0.320. The molecule has 218 valence electrons. The normalized spacial score (nSPS) is 17.1. The molecule has 0 aromatic carbocycles. The summed E-state index contributed by atoms with van der Waals surface area (Å²) in [7, 11) is 0. The zero-order valence-electron chi connectivity index (χ0n) is 22.2. The van der Waals surface area contributed by atoms with Crippen LogP contribution in [0.1, 0.15) is 22.5 Å². The van der Waals surface area contributed by atoms with E-state index in [2.05, 4.69) is 20.2 Å². The molecule has 5 rings (SSSR count). The van der Waals surface area contributed by atoms with E-state index >= 15 is 0 Å². The molecule has 2 aliphatic rings. The van der Waals surface area contributed by atoms with Gasteiger partial charge in [-0.2, -0.15) is 0 Å². The molecule has 0 radical (unpaired) electrons. The molecule has 0 amide bonds. The fourth-order valence-corrected chi connectivity index (χ4v) is 5.04. The molecule has 0 saturated carbocycles. The summed E-state index contributed by atoms with van der Waals surface area (Å²) in [5, 5.41) is 29.3. The summed E-state index contributed by atoms with van der Waals surface area (Å²) < 4.78 is 0. The highest BCUT2D eigenvalue weighted by atomic mass is 35.5. The molecule has 0 N–H and O–H groups in total. The predicted molar refractivity (Wildman–Crippen MR) is 153 cm³/mol. The highest BCUT2D eigenvalue weighted by Gasteiger charge is 2.32. The van der Waals surface area contributed by atoms with Gasteiger partial charge in [-0.05, 0) is 35.4 Å². The van der Waals surface area contributed by atoms with Crippen molar-refractivity contribution < 1.29 is 10.1 Å². The molecule has 17 heteroatoms. The Morgan fingerprint density at radius 1 is 0.667 bits per heavy atom. The lowest BCUT2D eigenvalue weighted by molar-refractivity contribution is -0.486. The van der Waals surface area contributed by atoms with Crippen LogP contribution in [0.3, 0.4) is 0 Å². The highest BCUT2D eigenvalue weighted by molar-refractivity contribution is 6.29. The maximum Gasteiger partial charge on any atom is 0.274 e. The second-order valence-corrected chi connectivity index (χ2v) is 10.3. The third kappa shape index (κ3) is 7.36. The number of guanidine groups is 2. The van der Waals surface area contributed by atoms with Crippen molar-refractivity contribution in [3.05, 3.63) is 108 Å². The van der Waals surface area contributed by atoms with Gasteiger partial charge >= 0.3 is 0 Å². The number of halogens is 2. The van der Waals surface area contributed by atoms with E-state index in [0.717, 1.165) is 11.1 Å². The summed E-state index contributed by atoms with van der Waals surface area (Å²) in [4.78, 5) is 42.8. The van der Waals surface area contributed by atoms with Crippen molar-refractivity contribution in [2.24, 2.45) is 10.2 Å². The average Bonchev–Trinajstić information content (AvgIpc) is 3.49. The van der Waals surface area contributed by atoms with Gasteiger partial charge in [-0.15, -0.1) is 0 Å². The molecule has 0 bridgehead atoms. The summed E-state index contributed by atoms with van der Waals surface area (Å²) in [5.41, 5.74) is 3.04. The number of aromatic nitrogens is 3. The van der Waals surface area contributed by atoms with E-state index < -0.39 is 10.1 Å². The molecular weight excluding hydrogens is 589 g/mol. The summed E-state index contributed by atoms with van der Waals surface area (Å²) >= 11 is 11.8. The predicted octanol–water partition coefficient (Wildman–Crippen LogP) is 2.91. The summed E-state index contributed by atoms with van der Waals surface area (Å²) in [6, 6.07) is 12.5. The van der Waals surface area contributed by atoms with E-state index in [4.69, 9.17) is 28.2 Å². The summed E-state index contributed by atoms with van der Waals surface area (Å²) in [5.74, 6) is 0.462. The van der Waals surface area contributed by atoms with Crippen LogP contribution < -0.4 is 0 Å². The monoisotopic (exact) mass is 613 g/mol. The molecule has 0 atom stereocenters. The lowest BCUT2D eigenvalue weighted by Gasteiger charge is -2.22. The largest absolute Gasteiger partial charge is 0.331 e. The second kappa shape index (κ2) is 12.9. The molecule has 0 spiro atoms. The number of nitrogens with zero attached hydrogens (tertiary/aromatic N) is 11. The van der Waals surface area contributed by atoms with Crippen LogP contribution in [0.4, 0.5) is 0 Å². The Labute approximate surface area is 250 Å². The first kappa shape index (κ1) is 28.9. The lowest BCUT2D eigenvalue weighted by atomic mass is 10.2. The van der Waals surface area contributed by atoms with Crippen LogP contribution in [0.5, 0.6) is 0 Å². The van der Waals surface area contributed by atoms with Crippen LogP contribution in [0.15, 0.2) is 65.1 Å². The zero-order valence-corrected chi connectivity index (χ0v) is 23.7. The SMILES string of the molecule is O=[N+]([O-])/N=C1\N(Cc2ccc(Cl)nc2)CCN1Cc1cccc(CN2CCN(Cc3ccc(Cl)nc3)/C2=N\[N+](=O)[O-])n1. The maximum absolute atomic E-state index is 11.3. The summed E-state index contributed by atoms with van der Waals surface area (Å²) in [6.07, 6.45) is 3.25. The number of hydrogen-bond acceptors (Lipinski definition) is 7. The molecule has 2 fully saturated rings. The van der Waals surface area contributed by atoms with Gasteiger partial charge in [0.25, 0.3) is 11.9 Å². The first-order valence-electron chi connectivity index (χ1n) is 12.8. The van der Waals surface area contributed by atoms with Crippen LogP contribution in [0.2, 0.25) is 10.3 Å². The molecule has 2 aliphatic heterocycles. The van der Waals surface area contributed by atoms with Gasteiger partial charge in [-0.25, -0.2) is 30.2 Å². The number of pyridine rings is 3. The Morgan fingerprint density at radius 2 is 1.07 bits per heavy atom. The molecule has 42 heavy (non-hydrogen) atoms. The first-order valence-corrected chi connectivity index (χ1v) is 13.6. The summed E-state index contributed by atoms with van der Waals surface area (Å²) in [6.45, 7) is 3.45. The maximum atomic E-state index is 11.3. The minimum absolute atomic E-state index is 0.231. The van der Waals surface area contributed by atoms with Crippen molar-refractivity contribution in [1.29, 1.82) is 0 Å². The standard InChI is InChI=1S/C25H25Cl2N11O4/c26-22-6-4-18(12-28-22)14-33-8-10-35(24(33)31-37(39)40)16-20-2-1-3-21(30-20)17-36-11-9-34(25(36)32-38(41)42)15-19-5-7-23(27)29-13-19/h1-7,12-13H,8-11,14-17H2/b31-24+,32-25+. The molecule has 15 nitrogen and oxygen atoms in total. The van der Waals surface area contributed by atoms with Crippen LogP contribution in [0, 0.1) is 20.2 Å². The third-order valence-corrected chi connectivity index (χ3v) is 7.09. The van der Waals surface area contributed by atoms with Gasteiger partial charge in [0.1, 0.15) is 20.5 Å². The Kier molecular flexibility index (Phi) is 8.88. The lowest BCUT2D eigenvalue weighted by Crippen LogP contribution is -2.35. The number of hydrazone groups is 2. The Hall–Kier alpha value is -4.63. The van der Waals surface area contributed by atoms with Gasteiger partial charge in [0, 0.05) is 51.7 Å². The topological polar surface area (TPSA) is 163 Å². The van der Waals surface area contributed by atoms with Gasteiger partial charge < -0.3 is 19.6 Å². The number of rotatable bonds is 10. The van der Waals surface area contributed by atoms with Crippen molar-refractivity contribution in [2.45, 2.75) is 26.2 Å². The van der Waals surface area contributed by atoms with Gasteiger partial charge in [-0.1, -0.05) is 41.4 Å². The average molecular weight is 614 g/mol. The van der Waals surface area contributed by atoms with Crippen molar-refractivity contribution >= 4 is 35.1 Å². The Bertz CT molecular complexity index is 1400. The fourth-order valence-electron chi connectivity index (χ4n) is 4.82. The third-order valence-electron chi connectivity index (χ3n) is 6.65. The molecule has 2 saturated heterocycles. The van der Waals surface area contributed by atoms with Crippen molar-refractivity contribution in [2.75, 3.05) is 26.2 Å². The Morgan fingerprint density at radius 3 is 1.43 bits per heavy atom. The minimum Gasteiger partial charge on any atom is -0.331 e. The van der Waals surface area contributed by atoms with Crippen LogP contribution in [-0.4, -0.2) is 82.7 Å². The van der Waals surface area contributed by atoms with E-state index in [1.54, 1.807) is 34.3 Å². The van der Waals surface area contributed by atoms with Gasteiger partial charge in [0.05, 0.1) is 24.5 Å². The van der Waals surface area contributed by atoms with Gasteiger partial charge in [0.2, 0.25) is 0 Å². The van der Waals surface area contributed by atoms with E-state index in [1.165, 1.54) is 0 Å². The van der Waals surface area contributed by atoms with Gasteiger partial charge in [0.15, 0.2) is 10.1 Å². The second-order valence-electron chi connectivity index (χ2n) is 9.56. The first-order chi connectivity index (χ1) is 20.2. The van der Waals surface area contributed by atoms with E-state index in [1.807, 2.05) is 40.1 Å². The van der Waals surface area contributed by atoms with Gasteiger partial charge in [-0.3, -0.25) is 4.98 Å². The number of hydrogen-bond donors (Lipinski definition) is 0. The molecule has 0 unspecified atom stereocenters.